The molecule has 1 amide bonds. The lowest BCUT2D eigenvalue weighted by atomic mass is 10.2. The number of morpholine rings is 1. The summed E-state index contributed by atoms with van der Waals surface area (Å²) in [6.45, 7) is 2.49. The number of halogens is 3. The van der Waals surface area contributed by atoms with Crippen LogP contribution in [-0.4, -0.2) is 38.4 Å². The van der Waals surface area contributed by atoms with E-state index in [1.165, 1.54) is 30.5 Å². The first-order valence-electron chi connectivity index (χ1n) is 7.95. The van der Waals surface area contributed by atoms with Crippen molar-refractivity contribution in [1.29, 1.82) is 0 Å². The first-order chi connectivity index (χ1) is 12.5. The van der Waals surface area contributed by atoms with E-state index in [4.69, 9.17) is 27.9 Å². The van der Waals surface area contributed by atoms with Crippen LogP contribution < -0.4 is 10.3 Å². The first kappa shape index (κ1) is 18.6. The number of benzene rings is 2. The normalized spacial score (nSPS) is 14.7. The summed E-state index contributed by atoms with van der Waals surface area (Å²) in [4.78, 5) is 13.9. The lowest BCUT2D eigenvalue weighted by Crippen LogP contribution is -2.36. The fraction of sp³-hybridized carbons (Fsp3) is 0.222. The number of hydrazone groups is 1. The second-order valence-electron chi connectivity index (χ2n) is 5.64. The lowest BCUT2D eigenvalue weighted by Gasteiger charge is -2.29. The Hall–Kier alpha value is -2.15. The van der Waals surface area contributed by atoms with Crippen LogP contribution in [0, 0.1) is 5.82 Å². The van der Waals surface area contributed by atoms with Crippen LogP contribution in [0.5, 0.6) is 0 Å². The highest BCUT2D eigenvalue weighted by Crippen LogP contribution is 2.23. The monoisotopic (exact) mass is 395 g/mol. The highest BCUT2D eigenvalue weighted by Gasteiger charge is 2.15. The molecular weight excluding hydrogens is 380 g/mol. The van der Waals surface area contributed by atoms with Crippen LogP contribution in [0.1, 0.15) is 15.9 Å². The number of amides is 1. The van der Waals surface area contributed by atoms with Crippen molar-refractivity contribution in [2.45, 2.75) is 0 Å². The number of rotatable bonds is 4. The molecule has 1 aliphatic heterocycles. The van der Waals surface area contributed by atoms with Crippen molar-refractivity contribution in [2.24, 2.45) is 5.10 Å². The minimum Gasteiger partial charge on any atom is -0.378 e. The highest BCUT2D eigenvalue weighted by atomic mass is 35.5. The number of nitrogens with zero attached hydrogens (tertiary/aromatic N) is 2. The molecule has 1 aliphatic rings. The molecule has 1 fully saturated rings. The molecule has 0 atom stereocenters. The zero-order valence-corrected chi connectivity index (χ0v) is 15.2. The number of anilines is 1. The van der Waals surface area contributed by atoms with Crippen molar-refractivity contribution < 1.29 is 13.9 Å². The summed E-state index contributed by atoms with van der Waals surface area (Å²) in [6, 6.07) is 9.33. The van der Waals surface area contributed by atoms with Crippen molar-refractivity contribution in [2.75, 3.05) is 31.2 Å². The average molecular weight is 396 g/mol. The van der Waals surface area contributed by atoms with Gasteiger partial charge in [0.15, 0.2) is 0 Å². The summed E-state index contributed by atoms with van der Waals surface area (Å²) in [5, 5.41) is 4.50. The van der Waals surface area contributed by atoms with Crippen LogP contribution in [0.2, 0.25) is 10.0 Å². The minimum atomic E-state index is -0.440. The maximum absolute atomic E-state index is 14.3. The molecule has 3 rings (SSSR count). The Bertz CT molecular complexity index is 839. The quantitative estimate of drug-likeness (QED) is 0.633. The van der Waals surface area contributed by atoms with Crippen molar-refractivity contribution in [3.8, 4) is 0 Å². The number of carbonyl (C=O) groups excluding carboxylic acids is 1. The van der Waals surface area contributed by atoms with Gasteiger partial charge in [0.1, 0.15) is 5.82 Å². The van der Waals surface area contributed by atoms with Gasteiger partial charge < -0.3 is 9.64 Å². The van der Waals surface area contributed by atoms with Crippen LogP contribution in [-0.2, 0) is 4.74 Å². The Morgan fingerprint density at radius 2 is 1.92 bits per heavy atom. The summed E-state index contributed by atoms with van der Waals surface area (Å²) in [7, 11) is 0. The predicted molar refractivity (Wildman–Crippen MR) is 101 cm³/mol. The van der Waals surface area contributed by atoms with E-state index in [1.54, 1.807) is 12.1 Å². The van der Waals surface area contributed by atoms with Gasteiger partial charge in [0.2, 0.25) is 0 Å². The molecule has 0 aromatic heterocycles. The zero-order valence-electron chi connectivity index (χ0n) is 13.7. The lowest BCUT2D eigenvalue weighted by molar-refractivity contribution is 0.0955. The van der Waals surface area contributed by atoms with Gasteiger partial charge in [-0.1, -0.05) is 29.3 Å². The molecule has 1 heterocycles. The number of hydrogen-bond acceptors (Lipinski definition) is 4. The molecule has 8 heteroatoms. The number of hydrogen-bond donors (Lipinski definition) is 1. The Kier molecular flexibility index (Phi) is 6.08. The minimum absolute atomic E-state index is 0.282. The third-order valence-electron chi connectivity index (χ3n) is 3.89. The molecule has 1 N–H and O–H groups in total. The smallest absolute Gasteiger partial charge is 0.271 e. The van der Waals surface area contributed by atoms with E-state index in [0.29, 0.717) is 48.1 Å². The third kappa shape index (κ3) is 4.52. The maximum Gasteiger partial charge on any atom is 0.271 e. The largest absolute Gasteiger partial charge is 0.378 e. The summed E-state index contributed by atoms with van der Waals surface area (Å²) >= 11 is 11.7. The first-order valence-corrected chi connectivity index (χ1v) is 8.71. The molecule has 0 saturated carbocycles. The van der Waals surface area contributed by atoms with Crippen LogP contribution in [0.25, 0.3) is 0 Å². The van der Waals surface area contributed by atoms with E-state index in [2.05, 4.69) is 10.5 Å². The second-order valence-corrected chi connectivity index (χ2v) is 6.45. The van der Waals surface area contributed by atoms with Gasteiger partial charge in [-0.25, -0.2) is 9.82 Å². The fourth-order valence-corrected chi connectivity index (χ4v) is 2.83. The molecule has 2 aromatic rings. The molecule has 0 bridgehead atoms. The molecule has 1 saturated heterocycles. The molecule has 0 aliphatic carbocycles. The van der Waals surface area contributed by atoms with Gasteiger partial charge in [0.25, 0.3) is 5.91 Å². The molecular formula is C18H16Cl2FN3O2. The summed E-state index contributed by atoms with van der Waals surface area (Å²) < 4.78 is 19.6. The maximum atomic E-state index is 14.3. The molecule has 0 spiro atoms. The van der Waals surface area contributed by atoms with Crippen molar-refractivity contribution in [3.05, 3.63) is 63.4 Å². The Morgan fingerprint density at radius 1 is 1.15 bits per heavy atom. The van der Waals surface area contributed by atoms with Gasteiger partial charge >= 0.3 is 0 Å². The van der Waals surface area contributed by atoms with Gasteiger partial charge in [-0.05, 0) is 35.9 Å². The van der Waals surface area contributed by atoms with Crippen molar-refractivity contribution in [3.63, 3.8) is 0 Å². The topological polar surface area (TPSA) is 53.9 Å². The highest BCUT2D eigenvalue weighted by molar-refractivity contribution is 6.42. The standard InChI is InChI=1S/C18H16Cl2FN3O2/c19-14-3-2-13(10-15(14)20)18(25)23-22-11-12-1-4-17(16(21)9-12)24-5-7-26-8-6-24/h1-4,9-11H,5-8H2,(H,23,25)/b22-11-. The average Bonchev–Trinajstić information content (AvgIpc) is 2.64. The van der Waals surface area contributed by atoms with E-state index >= 15 is 0 Å². The predicted octanol–water partition coefficient (Wildman–Crippen LogP) is 3.73. The zero-order chi connectivity index (χ0) is 18.5. The number of ether oxygens (including phenoxy) is 1. The Balaban J connectivity index is 1.63. The van der Waals surface area contributed by atoms with E-state index < -0.39 is 5.91 Å². The molecule has 26 heavy (non-hydrogen) atoms. The van der Waals surface area contributed by atoms with Crippen LogP contribution in [0.15, 0.2) is 41.5 Å². The van der Waals surface area contributed by atoms with E-state index in [9.17, 15) is 9.18 Å². The van der Waals surface area contributed by atoms with E-state index in [0.717, 1.165) is 0 Å². The van der Waals surface area contributed by atoms with E-state index in [1.807, 2.05) is 4.90 Å². The van der Waals surface area contributed by atoms with Crippen molar-refractivity contribution in [1.82, 2.24) is 5.43 Å². The molecule has 0 unspecified atom stereocenters. The number of nitrogens with one attached hydrogen (secondary N) is 1. The van der Waals surface area contributed by atoms with Gasteiger partial charge in [-0.2, -0.15) is 5.10 Å². The van der Waals surface area contributed by atoms with Gasteiger partial charge in [-0.3, -0.25) is 4.79 Å². The number of carbonyl (C=O) groups is 1. The molecule has 136 valence electrons. The summed E-state index contributed by atoms with van der Waals surface area (Å²) in [5.41, 5.74) is 3.76. The van der Waals surface area contributed by atoms with Crippen molar-refractivity contribution >= 4 is 41.0 Å². The third-order valence-corrected chi connectivity index (χ3v) is 4.62. The van der Waals surface area contributed by atoms with Crippen LogP contribution in [0.3, 0.4) is 0 Å². The van der Waals surface area contributed by atoms with Crippen LogP contribution >= 0.6 is 23.2 Å². The van der Waals surface area contributed by atoms with Gasteiger partial charge in [-0.15, -0.1) is 0 Å². The van der Waals surface area contributed by atoms with Crippen LogP contribution in [0.4, 0.5) is 10.1 Å². The fourth-order valence-electron chi connectivity index (χ4n) is 2.53. The second kappa shape index (κ2) is 8.49. The van der Waals surface area contributed by atoms with E-state index in [-0.39, 0.29) is 10.8 Å². The Labute approximate surface area is 160 Å². The SMILES string of the molecule is O=C(N/N=C\c1ccc(N2CCOCC2)c(F)c1)c1ccc(Cl)c(Cl)c1. The van der Waals surface area contributed by atoms with Gasteiger partial charge in [0.05, 0.1) is 35.2 Å². The molecule has 5 nitrogen and oxygen atoms in total. The molecule has 2 aromatic carbocycles. The Morgan fingerprint density at radius 3 is 2.62 bits per heavy atom. The van der Waals surface area contributed by atoms with Gasteiger partial charge in [0, 0.05) is 18.7 Å². The molecule has 0 radical (unpaired) electrons. The summed E-state index contributed by atoms with van der Waals surface area (Å²) in [5.74, 6) is -0.781. The summed E-state index contributed by atoms with van der Waals surface area (Å²) in [6.07, 6.45) is 1.38.